The first-order valence-electron chi connectivity index (χ1n) is 5.45. The highest BCUT2D eigenvalue weighted by Gasteiger charge is 2.09. The third kappa shape index (κ3) is 5.15. The van der Waals surface area contributed by atoms with Gasteiger partial charge in [-0.1, -0.05) is 34.3 Å². The molecule has 0 aromatic rings. The van der Waals surface area contributed by atoms with Crippen molar-refractivity contribution >= 4 is 0 Å². The smallest absolute Gasteiger partial charge is 0.0960 e. The molecule has 0 aliphatic heterocycles. The van der Waals surface area contributed by atoms with Crippen LogP contribution in [0.15, 0.2) is 12.4 Å². The number of nitrogens with zero attached hydrogens (tertiary/aromatic N) is 2. The van der Waals surface area contributed by atoms with Crippen LogP contribution >= 0.6 is 0 Å². The van der Waals surface area contributed by atoms with Crippen molar-refractivity contribution in [2.75, 3.05) is 27.2 Å². The second kappa shape index (κ2) is 5.94. The third-order valence-corrected chi connectivity index (χ3v) is 2.16. The molecule has 0 N–H and O–H groups in total. The Kier molecular flexibility index (Phi) is 5.66. The van der Waals surface area contributed by atoms with Gasteiger partial charge < -0.3 is 9.80 Å². The van der Waals surface area contributed by atoms with Crippen molar-refractivity contribution < 1.29 is 0 Å². The van der Waals surface area contributed by atoms with Gasteiger partial charge in [-0.05, 0) is 11.8 Å². The molecule has 0 aliphatic rings. The Bertz CT molecular complexity index is 155. The fourth-order valence-electron chi connectivity index (χ4n) is 1.60. The lowest BCUT2D eigenvalue weighted by atomic mass is 10.2. The summed E-state index contributed by atoms with van der Waals surface area (Å²) in [4.78, 5) is 4.46. The van der Waals surface area contributed by atoms with Crippen LogP contribution in [-0.4, -0.2) is 37.0 Å². The summed E-state index contributed by atoms with van der Waals surface area (Å²) in [5.74, 6) is 2.49. The monoisotopic (exact) mass is 198 g/mol. The lowest BCUT2D eigenvalue weighted by molar-refractivity contribution is 0.235. The normalized spacial score (nSPS) is 10.9. The first-order chi connectivity index (χ1) is 6.34. The van der Waals surface area contributed by atoms with E-state index >= 15 is 0 Å². The number of hydrogen-bond donors (Lipinski definition) is 0. The van der Waals surface area contributed by atoms with Gasteiger partial charge in [0.25, 0.3) is 0 Å². The van der Waals surface area contributed by atoms with E-state index in [-0.39, 0.29) is 0 Å². The molecular weight excluding hydrogens is 172 g/mol. The molecule has 0 atom stereocenters. The zero-order valence-corrected chi connectivity index (χ0v) is 10.7. The van der Waals surface area contributed by atoms with E-state index in [1.54, 1.807) is 0 Å². The molecule has 0 unspecified atom stereocenters. The second-order valence-electron chi connectivity index (χ2n) is 4.96. The molecule has 0 radical (unpaired) electrons. The van der Waals surface area contributed by atoms with Gasteiger partial charge in [-0.15, -0.1) is 0 Å². The number of rotatable bonds is 6. The molecule has 84 valence electrons. The Morgan fingerprint density at radius 1 is 0.929 bits per heavy atom. The minimum Gasteiger partial charge on any atom is -0.362 e. The summed E-state index contributed by atoms with van der Waals surface area (Å²) in [5, 5.41) is 0. The van der Waals surface area contributed by atoms with E-state index in [9.17, 15) is 0 Å². The summed E-state index contributed by atoms with van der Waals surface area (Å²) in [5.41, 5.74) is 0. The molecule has 0 aliphatic carbocycles. The molecule has 0 rings (SSSR count). The van der Waals surface area contributed by atoms with Crippen molar-refractivity contribution in [1.82, 2.24) is 9.80 Å². The van der Waals surface area contributed by atoms with Crippen molar-refractivity contribution in [3.05, 3.63) is 12.4 Å². The molecule has 0 saturated heterocycles. The van der Waals surface area contributed by atoms with Crippen LogP contribution in [0.25, 0.3) is 0 Å². The second-order valence-corrected chi connectivity index (χ2v) is 4.96. The maximum Gasteiger partial charge on any atom is 0.0960 e. The highest BCUT2D eigenvalue weighted by molar-refractivity contribution is 4.91. The molecule has 0 heterocycles. The largest absolute Gasteiger partial charge is 0.362 e. The van der Waals surface area contributed by atoms with Crippen molar-refractivity contribution in [3.8, 4) is 0 Å². The van der Waals surface area contributed by atoms with Crippen molar-refractivity contribution in [1.29, 1.82) is 0 Å². The number of hydrogen-bond acceptors (Lipinski definition) is 2. The molecule has 2 heteroatoms. The fourth-order valence-corrected chi connectivity index (χ4v) is 1.60. The first-order valence-corrected chi connectivity index (χ1v) is 5.45. The minimum atomic E-state index is 0.684. The fraction of sp³-hybridized carbons (Fsp3) is 0.833. The van der Waals surface area contributed by atoms with Gasteiger partial charge in [-0.25, -0.2) is 0 Å². The van der Waals surface area contributed by atoms with Crippen molar-refractivity contribution in [2.45, 2.75) is 27.7 Å². The van der Waals surface area contributed by atoms with Gasteiger partial charge >= 0.3 is 0 Å². The molecule has 0 saturated carbocycles. The molecule has 0 spiro atoms. The zero-order chi connectivity index (χ0) is 11.3. The molecule has 0 aromatic carbocycles. The first kappa shape index (κ1) is 13.3. The van der Waals surface area contributed by atoms with Gasteiger partial charge in [-0.2, -0.15) is 0 Å². The Morgan fingerprint density at radius 2 is 1.21 bits per heavy atom. The standard InChI is InChI=1S/C12H26N2/c1-10(2)8-13(6)12(5)14(7)9-11(3)4/h10-11H,5,8-9H2,1-4,6-7H3. The SMILES string of the molecule is C=C(N(C)CC(C)C)N(C)CC(C)C. The molecule has 0 aromatic heterocycles. The lowest BCUT2D eigenvalue weighted by Gasteiger charge is -2.32. The van der Waals surface area contributed by atoms with Crippen LogP contribution in [0.1, 0.15) is 27.7 Å². The molecule has 0 bridgehead atoms. The molecular formula is C12H26N2. The van der Waals surface area contributed by atoms with E-state index in [4.69, 9.17) is 0 Å². The van der Waals surface area contributed by atoms with Crippen molar-refractivity contribution in [2.24, 2.45) is 11.8 Å². The van der Waals surface area contributed by atoms with E-state index in [1.807, 2.05) is 0 Å². The molecule has 14 heavy (non-hydrogen) atoms. The summed E-state index contributed by atoms with van der Waals surface area (Å²) in [6.07, 6.45) is 0. The van der Waals surface area contributed by atoms with Gasteiger partial charge in [0, 0.05) is 27.2 Å². The van der Waals surface area contributed by atoms with Gasteiger partial charge in [0.1, 0.15) is 0 Å². The predicted molar refractivity (Wildman–Crippen MR) is 64.1 cm³/mol. The molecule has 2 nitrogen and oxygen atoms in total. The average molecular weight is 198 g/mol. The zero-order valence-electron chi connectivity index (χ0n) is 10.7. The van der Waals surface area contributed by atoms with E-state index in [0.29, 0.717) is 11.8 Å². The van der Waals surface area contributed by atoms with Gasteiger partial charge in [-0.3, -0.25) is 0 Å². The summed E-state index contributed by atoms with van der Waals surface area (Å²) >= 11 is 0. The lowest BCUT2D eigenvalue weighted by Crippen LogP contribution is -2.34. The van der Waals surface area contributed by atoms with Gasteiger partial charge in [0.2, 0.25) is 0 Å². The summed E-state index contributed by atoms with van der Waals surface area (Å²) < 4.78 is 0. The van der Waals surface area contributed by atoms with Crippen LogP contribution < -0.4 is 0 Å². The minimum absolute atomic E-state index is 0.684. The van der Waals surface area contributed by atoms with Crippen LogP contribution in [0.3, 0.4) is 0 Å². The van der Waals surface area contributed by atoms with Crippen LogP contribution in [0.5, 0.6) is 0 Å². The van der Waals surface area contributed by atoms with E-state index in [1.165, 1.54) is 0 Å². The van der Waals surface area contributed by atoms with E-state index < -0.39 is 0 Å². The Balaban J connectivity index is 4.04. The molecule has 0 fully saturated rings. The summed E-state index contributed by atoms with van der Waals surface area (Å²) in [6.45, 7) is 15.2. The Hall–Kier alpha value is -0.660. The summed E-state index contributed by atoms with van der Waals surface area (Å²) in [6, 6.07) is 0. The molecule has 0 amide bonds. The Labute approximate surface area is 89.6 Å². The maximum absolute atomic E-state index is 4.11. The van der Waals surface area contributed by atoms with Crippen LogP contribution in [0.4, 0.5) is 0 Å². The highest BCUT2D eigenvalue weighted by atomic mass is 15.3. The maximum atomic E-state index is 4.11. The topological polar surface area (TPSA) is 6.48 Å². The van der Waals surface area contributed by atoms with E-state index in [2.05, 4.69) is 58.2 Å². The van der Waals surface area contributed by atoms with Gasteiger partial charge in [0.15, 0.2) is 0 Å². The van der Waals surface area contributed by atoms with Crippen LogP contribution in [-0.2, 0) is 0 Å². The Morgan fingerprint density at radius 3 is 1.43 bits per heavy atom. The van der Waals surface area contributed by atoms with Crippen LogP contribution in [0, 0.1) is 11.8 Å². The highest BCUT2D eigenvalue weighted by Crippen LogP contribution is 2.09. The quantitative estimate of drug-likeness (QED) is 0.647. The third-order valence-electron chi connectivity index (χ3n) is 2.16. The van der Waals surface area contributed by atoms with Crippen LogP contribution in [0.2, 0.25) is 0 Å². The predicted octanol–water partition coefficient (Wildman–Crippen LogP) is 2.63. The van der Waals surface area contributed by atoms with E-state index in [0.717, 1.165) is 18.9 Å². The van der Waals surface area contributed by atoms with Crippen molar-refractivity contribution in [3.63, 3.8) is 0 Å². The summed E-state index contributed by atoms with van der Waals surface area (Å²) in [7, 11) is 4.22. The van der Waals surface area contributed by atoms with Gasteiger partial charge in [0.05, 0.1) is 5.82 Å². The average Bonchev–Trinajstić information content (AvgIpc) is 2.00.